The Balaban J connectivity index is 2.85. The molecule has 0 aromatic rings. The van der Waals surface area contributed by atoms with Gasteiger partial charge < -0.3 is 4.74 Å². The highest BCUT2D eigenvalue weighted by atomic mass is 16.5. The summed E-state index contributed by atoms with van der Waals surface area (Å²) in [5.74, 6) is 1.01. The summed E-state index contributed by atoms with van der Waals surface area (Å²) in [5.41, 5.74) is 0. The van der Waals surface area contributed by atoms with Gasteiger partial charge in [-0.1, -0.05) is 33.6 Å². The van der Waals surface area contributed by atoms with E-state index in [0.717, 1.165) is 38.3 Å². The van der Waals surface area contributed by atoms with Crippen LogP contribution in [-0.2, 0) is 4.74 Å². The van der Waals surface area contributed by atoms with E-state index in [-0.39, 0.29) is 5.92 Å². The molecular weight excluding hydrogens is 260 g/mol. The summed E-state index contributed by atoms with van der Waals surface area (Å²) < 4.78 is 5.32. The lowest BCUT2D eigenvalue weighted by molar-refractivity contribution is 0.0333. The number of rotatable bonds is 9. The van der Waals surface area contributed by atoms with Crippen LogP contribution in [0.25, 0.3) is 0 Å². The monoisotopic (exact) mass is 294 g/mol. The van der Waals surface area contributed by atoms with Crippen molar-refractivity contribution < 1.29 is 4.74 Å². The number of nitrogens with zero attached hydrogens (tertiary/aromatic N) is 2. The summed E-state index contributed by atoms with van der Waals surface area (Å²) in [6.07, 6.45) is 8.42. The van der Waals surface area contributed by atoms with Crippen LogP contribution in [0.5, 0.6) is 0 Å². The zero-order valence-corrected chi connectivity index (χ0v) is 14.5. The van der Waals surface area contributed by atoms with Gasteiger partial charge in [0, 0.05) is 25.7 Å². The van der Waals surface area contributed by atoms with E-state index >= 15 is 0 Å². The molecule has 1 fully saturated rings. The maximum Gasteiger partial charge on any atom is 0.0672 e. The first-order chi connectivity index (χ1) is 10.2. The van der Waals surface area contributed by atoms with Crippen LogP contribution in [0, 0.1) is 23.2 Å². The van der Waals surface area contributed by atoms with Crippen LogP contribution in [0.1, 0.15) is 65.7 Å². The first-order valence-corrected chi connectivity index (χ1v) is 8.85. The molecule has 21 heavy (non-hydrogen) atoms. The van der Waals surface area contributed by atoms with Crippen LogP contribution >= 0.6 is 0 Å². The van der Waals surface area contributed by atoms with Gasteiger partial charge in [-0.3, -0.25) is 4.90 Å². The van der Waals surface area contributed by atoms with Gasteiger partial charge in [-0.15, -0.1) is 0 Å². The highest BCUT2D eigenvalue weighted by molar-refractivity contribution is 4.98. The normalized spacial score (nSPS) is 26.2. The van der Waals surface area contributed by atoms with Crippen LogP contribution < -0.4 is 0 Å². The van der Waals surface area contributed by atoms with E-state index in [2.05, 4.69) is 31.7 Å². The van der Waals surface area contributed by atoms with E-state index in [4.69, 9.17) is 4.74 Å². The van der Waals surface area contributed by atoms with Gasteiger partial charge in [-0.25, -0.2) is 0 Å². The minimum atomic E-state index is 0.204. The molecule has 122 valence electrons. The van der Waals surface area contributed by atoms with Crippen molar-refractivity contribution in [3.05, 3.63) is 0 Å². The average molecular weight is 294 g/mol. The van der Waals surface area contributed by atoms with Crippen molar-refractivity contribution in [1.82, 2.24) is 4.90 Å². The Morgan fingerprint density at radius 2 is 1.95 bits per heavy atom. The zero-order valence-electron chi connectivity index (χ0n) is 14.5. The maximum absolute atomic E-state index is 9.57. The lowest BCUT2D eigenvalue weighted by Crippen LogP contribution is -2.50. The van der Waals surface area contributed by atoms with E-state index in [0.29, 0.717) is 12.1 Å². The van der Waals surface area contributed by atoms with Gasteiger partial charge in [0.05, 0.1) is 18.6 Å². The first-order valence-electron chi connectivity index (χ1n) is 8.85. The molecule has 0 aliphatic heterocycles. The minimum absolute atomic E-state index is 0.204. The molecule has 0 heterocycles. The SMILES string of the molecule is CCCC1CCC(C#N)C(N(CCOC)C(CC)CC)C1. The number of methoxy groups -OCH3 is 1. The molecule has 1 aliphatic carbocycles. The largest absolute Gasteiger partial charge is 0.383 e. The van der Waals surface area contributed by atoms with Crippen molar-refractivity contribution >= 4 is 0 Å². The summed E-state index contributed by atoms with van der Waals surface area (Å²) in [5, 5.41) is 9.57. The van der Waals surface area contributed by atoms with E-state index in [1.165, 1.54) is 25.7 Å². The molecule has 0 spiro atoms. The van der Waals surface area contributed by atoms with E-state index < -0.39 is 0 Å². The summed E-state index contributed by atoms with van der Waals surface area (Å²) >= 11 is 0. The molecule has 0 amide bonds. The van der Waals surface area contributed by atoms with Crippen LogP contribution in [0.15, 0.2) is 0 Å². The van der Waals surface area contributed by atoms with Gasteiger partial charge in [0.1, 0.15) is 0 Å². The number of hydrogen-bond donors (Lipinski definition) is 0. The Morgan fingerprint density at radius 1 is 1.24 bits per heavy atom. The van der Waals surface area contributed by atoms with Crippen LogP contribution in [-0.4, -0.2) is 37.2 Å². The van der Waals surface area contributed by atoms with E-state index in [9.17, 15) is 5.26 Å². The second-order valence-electron chi connectivity index (χ2n) is 6.47. The molecule has 0 aromatic carbocycles. The van der Waals surface area contributed by atoms with Crippen molar-refractivity contribution in [2.75, 3.05) is 20.3 Å². The predicted octanol–water partition coefficient (Wildman–Crippen LogP) is 4.23. The Labute approximate surface area is 131 Å². The zero-order chi connectivity index (χ0) is 15.7. The Bertz CT molecular complexity index is 309. The lowest BCUT2D eigenvalue weighted by Gasteiger charge is -2.44. The first kappa shape index (κ1) is 18.5. The van der Waals surface area contributed by atoms with Crippen molar-refractivity contribution in [1.29, 1.82) is 5.26 Å². The lowest BCUT2D eigenvalue weighted by atomic mass is 9.76. The van der Waals surface area contributed by atoms with Crippen LogP contribution in [0.2, 0.25) is 0 Å². The second kappa shape index (κ2) is 10.2. The summed E-state index contributed by atoms with van der Waals surface area (Å²) in [4.78, 5) is 2.60. The van der Waals surface area contributed by atoms with Crippen molar-refractivity contribution in [2.45, 2.75) is 77.8 Å². The predicted molar refractivity (Wildman–Crippen MR) is 88.1 cm³/mol. The molecule has 1 rings (SSSR count). The molecule has 3 nitrogen and oxygen atoms in total. The standard InChI is InChI=1S/C18H34N2O/c1-5-8-15-9-10-16(14-19)18(13-15)20(11-12-21-4)17(6-2)7-3/h15-18H,5-13H2,1-4H3. The highest BCUT2D eigenvalue weighted by Gasteiger charge is 2.36. The molecule has 1 saturated carbocycles. The summed E-state index contributed by atoms with van der Waals surface area (Å²) in [6.45, 7) is 8.53. The molecular formula is C18H34N2O. The van der Waals surface area contributed by atoms with Gasteiger partial charge in [0.15, 0.2) is 0 Å². The Morgan fingerprint density at radius 3 is 2.48 bits per heavy atom. The fourth-order valence-corrected chi connectivity index (χ4v) is 3.99. The van der Waals surface area contributed by atoms with Crippen LogP contribution in [0.4, 0.5) is 0 Å². The topological polar surface area (TPSA) is 36.3 Å². The third kappa shape index (κ3) is 5.27. The summed E-state index contributed by atoms with van der Waals surface area (Å²) in [6, 6.07) is 3.61. The van der Waals surface area contributed by atoms with Gasteiger partial charge in [0.25, 0.3) is 0 Å². The molecule has 0 radical (unpaired) electrons. The Hall–Kier alpha value is -0.590. The molecule has 3 atom stereocenters. The third-order valence-electron chi connectivity index (χ3n) is 5.18. The number of ether oxygens (including phenoxy) is 1. The second-order valence-corrected chi connectivity index (χ2v) is 6.47. The molecule has 0 saturated heterocycles. The quantitative estimate of drug-likeness (QED) is 0.638. The van der Waals surface area contributed by atoms with Crippen molar-refractivity contribution in [3.8, 4) is 6.07 Å². The molecule has 3 heteroatoms. The molecule has 0 bridgehead atoms. The van der Waals surface area contributed by atoms with E-state index in [1.807, 2.05) is 0 Å². The van der Waals surface area contributed by atoms with Gasteiger partial charge in [-0.2, -0.15) is 5.26 Å². The van der Waals surface area contributed by atoms with Gasteiger partial charge in [-0.05, 0) is 38.0 Å². The molecule has 0 N–H and O–H groups in total. The third-order valence-corrected chi connectivity index (χ3v) is 5.18. The molecule has 0 aromatic heterocycles. The smallest absolute Gasteiger partial charge is 0.0672 e. The minimum Gasteiger partial charge on any atom is -0.383 e. The maximum atomic E-state index is 9.57. The average Bonchev–Trinajstić information content (AvgIpc) is 2.52. The highest BCUT2D eigenvalue weighted by Crippen LogP contribution is 2.36. The fourth-order valence-electron chi connectivity index (χ4n) is 3.99. The number of hydrogen-bond acceptors (Lipinski definition) is 3. The fraction of sp³-hybridized carbons (Fsp3) is 0.944. The Kier molecular flexibility index (Phi) is 8.96. The molecule has 1 aliphatic rings. The number of nitriles is 1. The van der Waals surface area contributed by atoms with Gasteiger partial charge in [0.2, 0.25) is 0 Å². The van der Waals surface area contributed by atoms with Gasteiger partial charge >= 0.3 is 0 Å². The van der Waals surface area contributed by atoms with Crippen LogP contribution in [0.3, 0.4) is 0 Å². The summed E-state index contributed by atoms with van der Waals surface area (Å²) in [7, 11) is 1.77. The van der Waals surface area contributed by atoms with Crippen molar-refractivity contribution in [2.24, 2.45) is 11.8 Å². The van der Waals surface area contributed by atoms with Crippen molar-refractivity contribution in [3.63, 3.8) is 0 Å². The van der Waals surface area contributed by atoms with E-state index in [1.54, 1.807) is 7.11 Å². The molecule has 3 unspecified atom stereocenters.